The van der Waals surface area contributed by atoms with Gasteiger partial charge in [0.1, 0.15) is 0 Å². The van der Waals surface area contributed by atoms with Crippen molar-refractivity contribution >= 4 is 34.4 Å². The van der Waals surface area contributed by atoms with Crippen molar-refractivity contribution in [2.45, 2.75) is 13.8 Å². The van der Waals surface area contributed by atoms with Gasteiger partial charge in [-0.1, -0.05) is 11.6 Å². The zero-order chi connectivity index (χ0) is 15.9. The Bertz CT molecular complexity index is 868. The van der Waals surface area contributed by atoms with E-state index in [-0.39, 0.29) is 5.91 Å². The fourth-order valence-corrected chi connectivity index (χ4v) is 2.59. The number of pyridine rings is 1. The minimum Gasteiger partial charge on any atom is -0.304 e. The fraction of sp³-hybridized carbons (Fsp3) is 0.188. The fourth-order valence-electron chi connectivity index (χ4n) is 2.46. The number of nitrogens with zero attached hydrogens (tertiary/aromatic N) is 3. The van der Waals surface area contributed by atoms with Crippen molar-refractivity contribution in [1.29, 1.82) is 0 Å². The summed E-state index contributed by atoms with van der Waals surface area (Å²) in [5.74, 6) is 0.291. The minimum atomic E-state index is -0.225. The van der Waals surface area contributed by atoms with Crippen molar-refractivity contribution in [3.8, 4) is 0 Å². The molecule has 0 aliphatic rings. The van der Waals surface area contributed by atoms with Gasteiger partial charge in [0.05, 0.1) is 5.39 Å². The highest BCUT2D eigenvalue weighted by atomic mass is 35.5. The Morgan fingerprint density at radius 3 is 2.59 bits per heavy atom. The smallest absolute Gasteiger partial charge is 0.256 e. The molecule has 0 unspecified atom stereocenters. The van der Waals surface area contributed by atoms with Gasteiger partial charge in [-0.15, -0.1) is 0 Å². The number of anilines is 1. The van der Waals surface area contributed by atoms with Crippen molar-refractivity contribution < 1.29 is 4.79 Å². The van der Waals surface area contributed by atoms with Crippen molar-refractivity contribution in [1.82, 2.24) is 14.8 Å². The summed E-state index contributed by atoms with van der Waals surface area (Å²) in [5.41, 5.74) is 3.23. The van der Waals surface area contributed by atoms with Crippen molar-refractivity contribution in [2.24, 2.45) is 7.05 Å². The molecule has 0 fully saturated rings. The number of rotatable bonds is 2. The lowest BCUT2D eigenvalue weighted by atomic mass is 10.1. The Kier molecular flexibility index (Phi) is 3.58. The van der Waals surface area contributed by atoms with Crippen LogP contribution in [0.5, 0.6) is 0 Å². The maximum absolute atomic E-state index is 12.3. The maximum Gasteiger partial charge on any atom is 0.256 e. The zero-order valence-electron chi connectivity index (χ0n) is 12.5. The lowest BCUT2D eigenvalue weighted by Gasteiger charge is -2.04. The topological polar surface area (TPSA) is 59.8 Å². The first-order valence-electron chi connectivity index (χ1n) is 6.83. The maximum atomic E-state index is 12.3. The summed E-state index contributed by atoms with van der Waals surface area (Å²) in [7, 11) is 1.81. The summed E-state index contributed by atoms with van der Waals surface area (Å²) in [4.78, 5) is 16.8. The Balaban J connectivity index is 2.01. The molecule has 0 aliphatic carbocycles. The van der Waals surface area contributed by atoms with Crippen LogP contribution in [-0.2, 0) is 7.05 Å². The number of aryl methyl sites for hydroxylation is 3. The third-order valence-corrected chi connectivity index (χ3v) is 3.71. The van der Waals surface area contributed by atoms with Gasteiger partial charge in [0, 0.05) is 23.3 Å². The van der Waals surface area contributed by atoms with Crippen LogP contribution in [0.3, 0.4) is 0 Å². The number of amides is 1. The minimum absolute atomic E-state index is 0.225. The quantitative estimate of drug-likeness (QED) is 0.787. The molecule has 0 saturated heterocycles. The zero-order valence-corrected chi connectivity index (χ0v) is 13.3. The number of benzene rings is 1. The molecule has 22 heavy (non-hydrogen) atoms. The van der Waals surface area contributed by atoms with Gasteiger partial charge in [-0.2, -0.15) is 5.10 Å². The molecular formula is C16H15ClN4O. The Labute approximate surface area is 132 Å². The highest BCUT2D eigenvalue weighted by Gasteiger charge is 2.16. The van der Waals surface area contributed by atoms with E-state index in [2.05, 4.69) is 15.4 Å². The number of hydrogen-bond donors (Lipinski definition) is 1. The summed E-state index contributed by atoms with van der Waals surface area (Å²) >= 11 is 5.84. The summed E-state index contributed by atoms with van der Waals surface area (Å²) in [5, 5.41) is 8.67. The number of carbonyl (C=O) groups excluding carboxylic acids is 1. The monoisotopic (exact) mass is 314 g/mol. The van der Waals surface area contributed by atoms with Crippen molar-refractivity contribution in [3.05, 3.63) is 52.2 Å². The normalized spacial score (nSPS) is 10.9. The summed E-state index contributed by atoms with van der Waals surface area (Å²) in [6, 6.07) is 8.70. The molecule has 0 spiro atoms. The third-order valence-electron chi connectivity index (χ3n) is 3.46. The standard InChI is InChI=1S/C16H15ClN4O/c1-9-8-10(2)18-15-13(9)14(20-21(15)3)19-16(22)11-4-6-12(17)7-5-11/h4-8H,1-3H3,(H,19,20,22). The molecule has 6 heteroatoms. The average molecular weight is 315 g/mol. The first kappa shape index (κ1) is 14.5. The molecule has 3 aromatic rings. The second-order valence-electron chi connectivity index (χ2n) is 5.21. The van der Waals surface area contributed by atoms with E-state index in [1.165, 1.54) is 0 Å². The van der Waals surface area contributed by atoms with Crippen LogP contribution in [0.25, 0.3) is 11.0 Å². The number of carbonyl (C=O) groups is 1. The molecule has 5 nitrogen and oxygen atoms in total. The molecule has 2 heterocycles. The van der Waals surface area contributed by atoms with E-state index < -0.39 is 0 Å². The second kappa shape index (κ2) is 5.42. The van der Waals surface area contributed by atoms with E-state index in [1.807, 2.05) is 27.0 Å². The summed E-state index contributed by atoms with van der Waals surface area (Å²) in [6.45, 7) is 3.92. The number of hydrogen-bond acceptors (Lipinski definition) is 3. The van der Waals surface area contributed by atoms with Crippen LogP contribution < -0.4 is 5.32 Å². The predicted molar refractivity (Wildman–Crippen MR) is 87.4 cm³/mol. The van der Waals surface area contributed by atoms with Gasteiger partial charge in [0.15, 0.2) is 11.5 Å². The lowest BCUT2D eigenvalue weighted by molar-refractivity contribution is 0.102. The van der Waals surface area contributed by atoms with Gasteiger partial charge < -0.3 is 5.32 Å². The van der Waals surface area contributed by atoms with Gasteiger partial charge >= 0.3 is 0 Å². The van der Waals surface area contributed by atoms with Crippen molar-refractivity contribution in [2.75, 3.05) is 5.32 Å². The Morgan fingerprint density at radius 1 is 1.23 bits per heavy atom. The largest absolute Gasteiger partial charge is 0.304 e. The lowest BCUT2D eigenvalue weighted by Crippen LogP contribution is -2.12. The molecule has 0 radical (unpaired) electrons. The predicted octanol–water partition coefficient (Wildman–Crippen LogP) is 3.49. The molecule has 0 atom stereocenters. The number of nitrogens with one attached hydrogen (secondary N) is 1. The van der Waals surface area contributed by atoms with Crippen LogP contribution >= 0.6 is 11.6 Å². The first-order valence-corrected chi connectivity index (χ1v) is 7.21. The van der Waals surface area contributed by atoms with Crippen LogP contribution in [0.4, 0.5) is 5.82 Å². The Hall–Kier alpha value is -2.40. The molecule has 112 valence electrons. The average Bonchev–Trinajstić information content (AvgIpc) is 2.76. The Morgan fingerprint density at radius 2 is 1.91 bits per heavy atom. The van der Waals surface area contributed by atoms with E-state index >= 15 is 0 Å². The van der Waals surface area contributed by atoms with E-state index in [1.54, 1.807) is 28.9 Å². The summed E-state index contributed by atoms with van der Waals surface area (Å²) < 4.78 is 1.67. The van der Waals surface area contributed by atoms with E-state index in [0.29, 0.717) is 16.4 Å². The van der Waals surface area contributed by atoms with Gasteiger partial charge in [0.2, 0.25) is 0 Å². The van der Waals surface area contributed by atoms with Crippen LogP contribution in [0.1, 0.15) is 21.6 Å². The third kappa shape index (κ3) is 2.55. The van der Waals surface area contributed by atoms with E-state index in [0.717, 1.165) is 22.3 Å². The molecule has 2 aromatic heterocycles. The van der Waals surface area contributed by atoms with E-state index in [4.69, 9.17) is 11.6 Å². The van der Waals surface area contributed by atoms with Crippen LogP contribution in [0.2, 0.25) is 5.02 Å². The number of fused-ring (bicyclic) bond motifs is 1. The van der Waals surface area contributed by atoms with Gasteiger partial charge in [-0.05, 0) is 49.7 Å². The number of halogens is 1. The molecule has 3 rings (SSSR count). The molecule has 1 aromatic carbocycles. The second-order valence-corrected chi connectivity index (χ2v) is 5.65. The van der Waals surface area contributed by atoms with Gasteiger partial charge in [0.25, 0.3) is 5.91 Å². The van der Waals surface area contributed by atoms with Gasteiger partial charge in [-0.3, -0.25) is 4.79 Å². The highest BCUT2D eigenvalue weighted by molar-refractivity contribution is 6.30. The molecule has 0 aliphatic heterocycles. The molecule has 0 saturated carbocycles. The van der Waals surface area contributed by atoms with Gasteiger partial charge in [-0.25, -0.2) is 9.67 Å². The summed E-state index contributed by atoms with van der Waals surface area (Å²) in [6.07, 6.45) is 0. The van der Waals surface area contributed by atoms with Crippen LogP contribution in [0, 0.1) is 13.8 Å². The first-order chi connectivity index (χ1) is 10.5. The molecule has 1 amide bonds. The molecular weight excluding hydrogens is 300 g/mol. The van der Waals surface area contributed by atoms with Crippen molar-refractivity contribution in [3.63, 3.8) is 0 Å². The van der Waals surface area contributed by atoms with E-state index in [9.17, 15) is 4.79 Å². The molecule has 1 N–H and O–H groups in total. The highest BCUT2D eigenvalue weighted by Crippen LogP contribution is 2.25. The number of aromatic nitrogens is 3. The molecule has 0 bridgehead atoms. The van der Waals surface area contributed by atoms with Crippen LogP contribution in [-0.4, -0.2) is 20.7 Å². The van der Waals surface area contributed by atoms with Crippen LogP contribution in [0.15, 0.2) is 30.3 Å². The SMILES string of the molecule is Cc1cc(C)c2c(NC(=O)c3ccc(Cl)cc3)nn(C)c2n1.